The molecule has 0 bridgehead atoms. The zero-order valence-corrected chi connectivity index (χ0v) is 28.2. The molecule has 0 aliphatic carbocycles. The fraction of sp³-hybridized carbons (Fsp3) is 0.611. The van der Waals surface area contributed by atoms with Gasteiger partial charge in [-0.2, -0.15) is 0 Å². The number of aliphatic hydroxyl groups is 1. The molecule has 1 spiro atoms. The SMILES string of the molecule is CCCC[C@@]1(OC(=O)CCC(=O)O)CC[C@]2(CC[C@H](C)[C@@H](CC=C(C)C=C[C@H](O)[C@@H](C)C=CC(=O)O)O2)O[C@H]1C=CC(C)=CC(=O)O. The first-order valence-corrected chi connectivity index (χ1v) is 16.4. The molecule has 0 aromatic carbocycles. The quantitative estimate of drug-likeness (QED) is 0.0802. The van der Waals surface area contributed by atoms with Crippen LogP contribution in [0.2, 0.25) is 0 Å². The zero-order valence-electron chi connectivity index (χ0n) is 28.2. The number of aliphatic hydroxyl groups excluding tert-OH is 1. The highest BCUT2D eigenvalue weighted by Crippen LogP contribution is 2.48. The molecule has 0 amide bonds. The second kappa shape index (κ2) is 18.7. The van der Waals surface area contributed by atoms with E-state index in [-0.39, 0.29) is 30.8 Å². The van der Waals surface area contributed by atoms with E-state index in [1.165, 1.54) is 6.08 Å². The molecule has 0 unspecified atom stereocenters. The Labute approximate surface area is 277 Å². The second-order valence-corrected chi connectivity index (χ2v) is 12.8. The van der Waals surface area contributed by atoms with Gasteiger partial charge >= 0.3 is 23.9 Å². The molecule has 11 heteroatoms. The number of carbonyl (C=O) groups excluding carboxylic acids is 1. The number of hydrogen-bond donors (Lipinski definition) is 4. The van der Waals surface area contributed by atoms with E-state index >= 15 is 0 Å². The topological polar surface area (TPSA) is 177 Å². The number of unbranched alkanes of at least 4 members (excludes halogenated alkanes) is 1. The third-order valence-electron chi connectivity index (χ3n) is 8.78. The summed E-state index contributed by atoms with van der Waals surface area (Å²) in [5.41, 5.74) is 0.314. The summed E-state index contributed by atoms with van der Waals surface area (Å²) in [7, 11) is 0. The molecule has 7 atom stereocenters. The molecule has 0 aromatic heterocycles. The minimum atomic E-state index is -1.09. The molecule has 2 aliphatic rings. The van der Waals surface area contributed by atoms with Crippen molar-refractivity contribution in [1.29, 1.82) is 0 Å². The second-order valence-electron chi connectivity index (χ2n) is 12.8. The van der Waals surface area contributed by atoms with E-state index in [0.29, 0.717) is 37.7 Å². The van der Waals surface area contributed by atoms with Gasteiger partial charge in [-0.15, -0.1) is 0 Å². The Balaban J connectivity index is 2.31. The Hall–Kier alpha value is -3.54. The van der Waals surface area contributed by atoms with Gasteiger partial charge in [0.2, 0.25) is 0 Å². The fourth-order valence-corrected chi connectivity index (χ4v) is 5.81. The predicted molar refractivity (Wildman–Crippen MR) is 175 cm³/mol. The number of carboxylic acid groups (broad SMARTS) is 3. The lowest BCUT2D eigenvalue weighted by atomic mass is 9.78. The molecule has 2 saturated heterocycles. The van der Waals surface area contributed by atoms with E-state index in [1.54, 1.807) is 38.2 Å². The maximum atomic E-state index is 12.9. The summed E-state index contributed by atoms with van der Waals surface area (Å²) < 4.78 is 19.5. The van der Waals surface area contributed by atoms with E-state index in [1.807, 2.05) is 19.9 Å². The first kappa shape index (κ1) is 39.6. The van der Waals surface area contributed by atoms with Gasteiger partial charge in [0.25, 0.3) is 0 Å². The first-order chi connectivity index (χ1) is 22.1. The van der Waals surface area contributed by atoms with Crippen LogP contribution < -0.4 is 0 Å². The fourth-order valence-electron chi connectivity index (χ4n) is 5.81. The lowest BCUT2D eigenvalue weighted by Gasteiger charge is -2.53. The number of esters is 1. The highest BCUT2D eigenvalue weighted by molar-refractivity contribution is 5.81. The maximum absolute atomic E-state index is 12.9. The van der Waals surface area contributed by atoms with E-state index in [0.717, 1.165) is 37.0 Å². The van der Waals surface area contributed by atoms with Crippen molar-refractivity contribution in [3.8, 4) is 0 Å². The third kappa shape index (κ3) is 13.2. The van der Waals surface area contributed by atoms with Crippen molar-refractivity contribution in [3.63, 3.8) is 0 Å². The van der Waals surface area contributed by atoms with Gasteiger partial charge in [0, 0.05) is 30.9 Å². The number of carboxylic acids is 3. The Morgan fingerprint density at radius 2 is 1.66 bits per heavy atom. The Morgan fingerprint density at radius 1 is 0.936 bits per heavy atom. The van der Waals surface area contributed by atoms with Crippen LogP contribution in [0.3, 0.4) is 0 Å². The number of aliphatic carboxylic acids is 3. The smallest absolute Gasteiger partial charge is 0.328 e. The lowest BCUT2D eigenvalue weighted by molar-refractivity contribution is -0.344. The molecule has 47 heavy (non-hydrogen) atoms. The van der Waals surface area contributed by atoms with Crippen LogP contribution in [0.1, 0.15) is 98.8 Å². The summed E-state index contributed by atoms with van der Waals surface area (Å²) >= 11 is 0. The van der Waals surface area contributed by atoms with Crippen molar-refractivity contribution in [3.05, 3.63) is 59.8 Å². The maximum Gasteiger partial charge on any atom is 0.328 e. The van der Waals surface area contributed by atoms with E-state index in [9.17, 15) is 29.4 Å². The van der Waals surface area contributed by atoms with Gasteiger partial charge in [-0.05, 0) is 57.4 Å². The van der Waals surface area contributed by atoms with Crippen LogP contribution >= 0.6 is 0 Å². The number of carbonyl (C=O) groups is 4. The minimum absolute atomic E-state index is 0.186. The zero-order chi connectivity index (χ0) is 35.2. The van der Waals surface area contributed by atoms with Gasteiger partial charge < -0.3 is 34.6 Å². The van der Waals surface area contributed by atoms with Crippen LogP contribution in [0.4, 0.5) is 0 Å². The van der Waals surface area contributed by atoms with Crippen molar-refractivity contribution in [2.75, 3.05) is 0 Å². The largest absolute Gasteiger partial charge is 0.481 e. The number of ether oxygens (including phenoxy) is 3. The van der Waals surface area contributed by atoms with Crippen molar-refractivity contribution in [1.82, 2.24) is 0 Å². The van der Waals surface area contributed by atoms with Crippen LogP contribution in [0.25, 0.3) is 0 Å². The molecule has 0 aromatic rings. The normalized spacial score (nSPS) is 28.6. The van der Waals surface area contributed by atoms with Crippen molar-refractivity contribution >= 4 is 23.9 Å². The Bertz CT molecular complexity index is 1250. The molecule has 11 nitrogen and oxygen atoms in total. The van der Waals surface area contributed by atoms with Crippen LogP contribution in [0, 0.1) is 11.8 Å². The Morgan fingerprint density at radius 3 is 2.30 bits per heavy atom. The predicted octanol–water partition coefficient (Wildman–Crippen LogP) is 6.13. The minimum Gasteiger partial charge on any atom is -0.481 e. The highest BCUT2D eigenvalue weighted by Gasteiger charge is 2.54. The van der Waals surface area contributed by atoms with Crippen molar-refractivity contribution in [2.24, 2.45) is 11.8 Å². The highest BCUT2D eigenvalue weighted by atomic mass is 16.7. The van der Waals surface area contributed by atoms with Crippen molar-refractivity contribution < 1.29 is 53.8 Å². The molecule has 2 fully saturated rings. The molecule has 2 rings (SSSR count). The van der Waals surface area contributed by atoms with Gasteiger partial charge in [-0.3, -0.25) is 9.59 Å². The molecule has 262 valence electrons. The molecule has 0 saturated carbocycles. The molecular weight excluding hydrogens is 608 g/mol. The van der Waals surface area contributed by atoms with E-state index < -0.39 is 47.5 Å². The summed E-state index contributed by atoms with van der Waals surface area (Å²) in [6.07, 6.45) is 14.9. The summed E-state index contributed by atoms with van der Waals surface area (Å²) in [5, 5.41) is 37.5. The van der Waals surface area contributed by atoms with Gasteiger partial charge in [0.05, 0.1) is 25.0 Å². The number of allylic oxidation sites excluding steroid dienone is 4. The molecule has 4 N–H and O–H groups in total. The summed E-state index contributed by atoms with van der Waals surface area (Å²) in [4.78, 5) is 46.0. The third-order valence-corrected chi connectivity index (χ3v) is 8.78. The van der Waals surface area contributed by atoms with E-state index in [4.69, 9.17) is 24.4 Å². The number of hydrogen-bond acceptors (Lipinski definition) is 8. The van der Waals surface area contributed by atoms with Crippen LogP contribution in [0.5, 0.6) is 0 Å². The van der Waals surface area contributed by atoms with E-state index in [2.05, 4.69) is 6.92 Å². The lowest BCUT2D eigenvalue weighted by Crippen LogP contribution is -2.59. The van der Waals surface area contributed by atoms with Gasteiger partial charge in [-0.25, -0.2) is 9.59 Å². The van der Waals surface area contributed by atoms with Gasteiger partial charge in [0.15, 0.2) is 5.79 Å². The van der Waals surface area contributed by atoms with Crippen LogP contribution in [-0.2, 0) is 33.4 Å². The number of rotatable bonds is 17. The summed E-state index contributed by atoms with van der Waals surface area (Å²) in [6.45, 7) is 9.44. The molecule has 2 heterocycles. The first-order valence-electron chi connectivity index (χ1n) is 16.4. The monoisotopic (exact) mass is 660 g/mol. The van der Waals surface area contributed by atoms with Crippen LogP contribution in [-0.4, -0.2) is 74.0 Å². The summed E-state index contributed by atoms with van der Waals surface area (Å²) in [5.74, 6) is -4.98. The van der Waals surface area contributed by atoms with Gasteiger partial charge in [-0.1, -0.05) is 69.2 Å². The molecule has 0 radical (unpaired) electrons. The van der Waals surface area contributed by atoms with Crippen LogP contribution in [0.15, 0.2) is 59.8 Å². The standard InChI is InChI=1S/C36H52O11/c1-6-7-19-35(47-34(44)17-16-32(40)41)21-22-36(46-30(35)14-10-25(3)23-33(42)43)20-18-27(5)29(45-36)13-9-24(2)8-12-28(37)26(4)11-15-31(38)39/h8-12,14-15,23,26-30,37H,6-7,13,16-22H2,1-5H3,(H,38,39)(H,40,41)(H,42,43)/t26-,27-,28-,29+,30-,35+,36-/m0/s1. The summed E-state index contributed by atoms with van der Waals surface area (Å²) in [6, 6.07) is 0. The van der Waals surface area contributed by atoms with Crippen molar-refractivity contribution in [2.45, 2.75) is 129 Å². The van der Waals surface area contributed by atoms with Gasteiger partial charge in [0.1, 0.15) is 11.7 Å². The average molecular weight is 661 g/mol. The molecular formula is C36H52O11. The molecule has 2 aliphatic heterocycles. The average Bonchev–Trinajstić information content (AvgIpc) is 3.01. The Kier molecular flexibility index (Phi) is 15.8.